The smallest absolute Gasteiger partial charge is 0.324 e. The van der Waals surface area contributed by atoms with E-state index in [0.717, 1.165) is 0 Å². The Morgan fingerprint density at radius 1 is 1.40 bits per heavy atom. The molecule has 1 atom stereocenters. The molecular weight excluding hydrogens is 370 g/mol. The normalized spacial score (nSPS) is 13.3. The minimum absolute atomic E-state index is 0.0687. The number of nitrogens with one attached hydrogen (secondary N) is 1. The highest BCUT2D eigenvalue weighted by Gasteiger charge is 2.30. The molecule has 0 aromatic heterocycles. The third-order valence-corrected chi connectivity index (χ3v) is 5.00. The maximum absolute atomic E-state index is 12.3. The number of benzene rings is 1. The van der Waals surface area contributed by atoms with Crippen LogP contribution in [0.3, 0.4) is 0 Å². The Morgan fingerprint density at radius 2 is 2.00 bits per heavy atom. The minimum atomic E-state index is -3.91. The van der Waals surface area contributed by atoms with Crippen molar-refractivity contribution in [3.8, 4) is 0 Å². The van der Waals surface area contributed by atoms with Crippen LogP contribution in [-0.2, 0) is 19.6 Å². The van der Waals surface area contributed by atoms with Gasteiger partial charge in [-0.05, 0) is 24.1 Å². The van der Waals surface area contributed by atoms with Crippen molar-refractivity contribution in [3.63, 3.8) is 0 Å². The summed E-state index contributed by atoms with van der Waals surface area (Å²) in [7, 11) is -2.70. The summed E-state index contributed by atoms with van der Waals surface area (Å²) < 4.78 is 32.1. The summed E-state index contributed by atoms with van der Waals surface area (Å²) in [6, 6.07) is 3.43. The van der Waals surface area contributed by atoms with Gasteiger partial charge >= 0.3 is 5.97 Å². The van der Waals surface area contributed by atoms with Crippen molar-refractivity contribution >= 4 is 43.5 Å². The minimum Gasteiger partial charge on any atom is -0.468 e. The van der Waals surface area contributed by atoms with Gasteiger partial charge in [0, 0.05) is 4.47 Å². The lowest BCUT2D eigenvalue weighted by molar-refractivity contribution is -0.143. The Kier molecular flexibility index (Phi) is 6.00. The molecule has 1 N–H and O–H groups in total. The number of carbonyl (C=O) groups excluding carboxylic acids is 1. The first kappa shape index (κ1) is 17.4. The molecule has 1 aromatic rings. The molecule has 112 valence electrons. The molecule has 0 aliphatic rings. The Morgan fingerprint density at radius 3 is 2.45 bits per heavy atom. The fourth-order valence-electron chi connectivity index (χ4n) is 1.51. The van der Waals surface area contributed by atoms with Crippen molar-refractivity contribution in [2.75, 3.05) is 7.11 Å². The molecule has 20 heavy (non-hydrogen) atoms. The summed E-state index contributed by atoms with van der Waals surface area (Å²) >= 11 is 9.12. The van der Waals surface area contributed by atoms with Crippen LogP contribution < -0.4 is 4.72 Å². The Labute approximate surface area is 131 Å². The average Bonchev–Trinajstić information content (AvgIpc) is 2.34. The van der Waals surface area contributed by atoms with E-state index in [1.54, 1.807) is 19.9 Å². The lowest BCUT2D eigenvalue weighted by Crippen LogP contribution is -2.44. The number of hydrogen-bond acceptors (Lipinski definition) is 4. The monoisotopic (exact) mass is 383 g/mol. The van der Waals surface area contributed by atoms with Crippen LogP contribution in [0.2, 0.25) is 5.02 Å². The van der Waals surface area contributed by atoms with E-state index in [9.17, 15) is 13.2 Å². The number of ether oxygens (including phenoxy) is 1. The standard InChI is InChI=1S/C12H15BrClNO4S/c1-7(2)11(12(16)19-3)15-20(17,18)10-5-4-8(13)6-9(10)14/h4-7,11,15H,1-3H3. The van der Waals surface area contributed by atoms with Gasteiger partial charge in [-0.15, -0.1) is 0 Å². The van der Waals surface area contributed by atoms with Gasteiger partial charge in [-0.25, -0.2) is 8.42 Å². The number of carbonyl (C=O) groups is 1. The molecule has 1 rings (SSSR count). The molecule has 0 heterocycles. The van der Waals surface area contributed by atoms with Crippen LogP contribution in [0.25, 0.3) is 0 Å². The van der Waals surface area contributed by atoms with Crippen LogP contribution in [0.15, 0.2) is 27.6 Å². The van der Waals surface area contributed by atoms with Gasteiger partial charge in [0.1, 0.15) is 10.9 Å². The zero-order valence-electron chi connectivity index (χ0n) is 11.2. The van der Waals surface area contributed by atoms with E-state index in [0.29, 0.717) is 4.47 Å². The molecule has 5 nitrogen and oxygen atoms in total. The topological polar surface area (TPSA) is 72.5 Å². The van der Waals surface area contributed by atoms with Crippen molar-refractivity contribution in [2.24, 2.45) is 5.92 Å². The highest BCUT2D eigenvalue weighted by Crippen LogP contribution is 2.25. The zero-order chi connectivity index (χ0) is 15.5. The highest BCUT2D eigenvalue weighted by atomic mass is 79.9. The molecule has 1 unspecified atom stereocenters. The first-order valence-corrected chi connectivity index (χ1v) is 8.39. The van der Waals surface area contributed by atoms with Gasteiger partial charge in [-0.2, -0.15) is 4.72 Å². The third-order valence-electron chi connectivity index (χ3n) is 2.59. The molecular formula is C12H15BrClNO4S. The van der Waals surface area contributed by atoms with Gasteiger partial charge < -0.3 is 4.74 Å². The molecule has 0 bridgehead atoms. The van der Waals surface area contributed by atoms with E-state index in [2.05, 4.69) is 25.4 Å². The molecule has 0 amide bonds. The second kappa shape index (κ2) is 6.89. The lowest BCUT2D eigenvalue weighted by Gasteiger charge is -2.20. The molecule has 0 spiro atoms. The van der Waals surface area contributed by atoms with Crippen molar-refractivity contribution < 1.29 is 17.9 Å². The van der Waals surface area contributed by atoms with Crippen LogP contribution in [-0.4, -0.2) is 27.5 Å². The van der Waals surface area contributed by atoms with E-state index in [1.165, 1.54) is 19.2 Å². The number of sulfonamides is 1. The number of esters is 1. The molecule has 0 saturated carbocycles. The SMILES string of the molecule is COC(=O)C(NS(=O)(=O)c1ccc(Br)cc1Cl)C(C)C. The molecule has 0 saturated heterocycles. The fourth-order valence-corrected chi connectivity index (χ4v) is 3.88. The number of rotatable bonds is 5. The summed E-state index contributed by atoms with van der Waals surface area (Å²) in [6.45, 7) is 3.43. The van der Waals surface area contributed by atoms with Crippen molar-refractivity contribution in [3.05, 3.63) is 27.7 Å². The van der Waals surface area contributed by atoms with Crippen LogP contribution in [0.1, 0.15) is 13.8 Å². The van der Waals surface area contributed by atoms with E-state index in [1.807, 2.05) is 0 Å². The lowest BCUT2D eigenvalue weighted by atomic mass is 10.1. The largest absolute Gasteiger partial charge is 0.468 e. The second-order valence-corrected chi connectivity index (χ2v) is 7.45. The highest BCUT2D eigenvalue weighted by molar-refractivity contribution is 9.10. The first-order valence-electron chi connectivity index (χ1n) is 5.74. The number of hydrogen-bond donors (Lipinski definition) is 1. The summed E-state index contributed by atoms with van der Waals surface area (Å²) in [5.41, 5.74) is 0. The van der Waals surface area contributed by atoms with Crippen LogP contribution in [0.4, 0.5) is 0 Å². The number of methoxy groups -OCH3 is 1. The van der Waals surface area contributed by atoms with Gasteiger partial charge in [0.05, 0.1) is 12.1 Å². The predicted octanol–water partition coefficient (Wildman–Crippen LogP) is 2.58. The molecule has 8 heteroatoms. The van der Waals surface area contributed by atoms with E-state index < -0.39 is 22.0 Å². The first-order chi connectivity index (χ1) is 9.19. The number of halogens is 2. The molecule has 0 fully saturated rings. The Balaban J connectivity index is 3.13. The van der Waals surface area contributed by atoms with E-state index >= 15 is 0 Å². The van der Waals surface area contributed by atoms with Gasteiger partial charge in [0.2, 0.25) is 10.0 Å². The van der Waals surface area contributed by atoms with Crippen molar-refractivity contribution in [2.45, 2.75) is 24.8 Å². The second-order valence-electron chi connectivity index (χ2n) is 4.44. The molecule has 0 aliphatic carbocycles. The predicted molar refractivity (Wildman–Crippen MR) is 80.1 cm³/mol. The summed E-state index contributed by atoms with van der Waals surface area (Å²) in [5, 5.41) is 0.0687. The van der Waals surface area contributed by atoms with Crippen LogP contribution >= 0.6 is 27.5 Å². The van der Waals surface area contributed by atoms with Crippen molar-refractivity contribution in [1.29, 1.82) is 0 Å². The van der Waals surface area contributed by atoms with Crippen LogP contribution in [0, 0.1) is 5.92 Å². The van der Waals surface area contributed by atoms with E-state index in [-0.39, 0.29) is 15.8 Å². The summed E-state index contributed by atoms with van der Waals surface area (Å²) in [4.78, 5) is 11.5. The maximum atomic E-state index is 12.3. The quantitative estimate of drug-likeness (QED) is 0.792. The Bertz CT molecular complexity index is 603. The van der Waals surface area contributed by atoms with Gasteiger partial charge in [0.25, 0.3) is 0 Å². The molecule has 0 aliphatic heterocycles. The molecule has 0 radical (unpaired) electrons. The average molecular weight is 385 g/mol. The van der Waals surface area contributed by atoms with Gasteiger partial charge in [0.15, 0.2) is 0 Å². The van der Waals surface area contributed by atoms with Gasteiger partial charge in [-0.1, -0.05) is 41.4 Å². The molecule has 1 aromatic carbocycles. The van der Waals surface area contributed by atoms with Crippen LogP contribution in [0.5, 0.6) is 0 Å². The van der Waals surface area contributed by atoms with E-state index in [4.69, 9.17) is 11.6 Å². The summed E-state index contributed by atoms with van der Waals surface area (Å²) in [5.74, 6) is -0.900. The third kappa shape index (κ3) is 4.18. The summed E-state index contributed by atoms with van der Waals surface area (Å²) in [6.07, 6.45) is 0. The van der Waals surface area contributed by atoms with Crippen molar-refractivity contribution in [1.82, 2.24) is 4.72 Å². The van der Waals surface area contributed by atoms with Gasteiger partial charge in [-0.3, -0.25) is 4.79 Å². The Hall–Kier alpha value is -0.630. The fraction of sp³-hybridized carbons (Fsp3) is 0.417. The zero-order valence-corrected chi connectivity index (χ0v) is 14.3. The maximum Gasteiger partial charge on any atom is 0.324 e.